The summed E-state index contributed by atoms with van der Waals surface area (Å²) in [4.78, 5) is 2.41. The van der Waals surface area contributed by atoms with E-state index in [1.54, 1.807) is 0 Å². The van der Waals surface area contributed by atoms with Gasteiger partial charge in [-0.05, 0) is 49.7 Å². The van der Waals surface area contributed by atoms with Gasteiger partial charge in [-0.3, -0.25) is 0 Å². The van der Waals surface area contributed by atoms with Gasteiger partial charge in [0.05, 0.1) is 11.4 Å². The largest absolute Gasteiger partial charge is 0.397 e. The fraction of sp³-hybridized carbons (Fsp3) is 0.333. The third-order valence-corrected chi connectivity index (χ3v) is 5.02. The van der Waals surface area contributed by atoms with E-state index in [1.165, 1.54) is 24.1 Å². The molecule has 4 rings (SSSR count). The van der Waals surface area contributed by atoms with E-state index in [2.05, 4.69) is 46.6 Å². The average Bonchev–Trinajstić information content (AvgIpc) is 2.84. The molecule has 0 aromatic heterocycles. The van der Waals surface area contributed by atoms with Gasteiger partial charge >= 0.3 is 0 Å². The molecule has 2 heterocycles. The number of fused-ring (bicyclic) bond motifs is 2. The van der Waals surface area contributed by atoms with Crippen molar-refractivity contribution in [2.24, 2.45) is 0 Å². The quantitative estimate of drug-likeness (QED) is 0.792. The van der Waals surface area contributed by atoms with Crippen LogP contribution in [0.2, 0.25) is 0 Å². The summed E-state index contributed by atoms with van der Waals surface area (Å²) >= 11 is 0. The number of nitrogen functional groups attached to an aromatic ring is 1. The number of anilines is 3. The lowest BCUT2D eigenvalue weighted by atomic mass is 9.75. The van der Waals surface area contributed by atoms with E-state index in [9.17, 15) is 0 Å². The zero-order valence-corrected chi connectivity index (χ0v) is 13.4. The molecule has 2 aromatic rings. The maximum absolute atomic E-state index is 6.22. The molecule has 3 nitrogen and oxygen atoms in total. The molecule has 1 spiro atoms. The van der Waals surface area contributed by atoms with Crippen molar-refractivity contribution < 1.29 is 0 Å². The van der Waals surface area contributed by atoms with Crippen LogP contribution in [0.25, 0.3) is 0 Å². The molecule has 3 N–H and O–H groups in total. The van der Waals surface area contributed by atoms with Crippen LogP contribution in [0.1, 0.15) is 18.4 Å². The normalized spacial score (nSPS) is 18.8. The van der Waals surface area contributed by atoms with Gasteiger partial charge in [-0.15, -0.1) is 12.4 Å². The summed E-state index contributed by atoms with van der Waals surface area (Å²) < 4.78 is 0. The Balaban J connectivity index is 0.00000144. The van der Waals surface area contributed by atoms with Gasteiger partial charge in [0.25, 0.3) is 0 Å². The van der Waals surface area contributed by atoms with E-state index in [0.29, 0.717) is 0 Å². The lowest BCUT2D eigenvalue weighted by molar-refractivity contribution is 0.329. The monoisotopic (exact) mass is 315 g/mol. The summed E-state index contributed by atoms with van der Waals surface area (Å²) in [7, 11) is 0. The van der Waals surface area contributed by atoms with Crippen molar-refractivity contribution >= 4 is 29.5 Å². The van der Waals surface area contributed by atoms with Gasteiger partial charge in [-0.1, -0.05) is 30.3 Å². The van der Waals surface area contributed by atoms with Gasteiger partial charge in [-0.2, -0.15) is 0 Å². The second-order valence-corrected chi connectivity index (χ2v) is 6.19. The molecule has 0 aliphatic carbocycles. The maximum Gasteiger partial charge on any atom is 0.0644 e. The van der Waals surface area contributed by atoms with Crippen molar-refractivity contribution in [3.8, 4) is 0 Å². The van der Waals surface area contributed by atoms with Crippen molar-refractivity contribution in [3.63, 3.8) is 0 Å². The molecule has 0 atom stereocenters. The fourth-order valence-electron chi connectivity index (χ4n) is 3.91. The van der Waals surface area contributed by atoms with E-state index >= 15 is 0 Å². The summed E-state index contributed by atoms with van der Waals surface area (Å²) in [6.45, 7) is 3.25. The second-order valence-electron chi connectivity index (χ2n) is 6.19. The Labute approximate surface area is 137 Å². The van der Waals surface area contributed by atoms with Crippen LogP contribution in [-0.2, 0) is 5.41 Å². The summed E-state index contributed by atoms with van der Waals surface area (Å²) in [5.74, 6) is 0. The number of nitrogens with zero attached hydrogens (tertiary/aromatic N) is 1. The Kier molecular flexibility index (Phi) is 4.02. The summed E-state index contributed by atoms with van der Waals surface area (Å²) in [5, 5.41) is 3.49. The van der Waals surface area contributed by atoms with Gasteiger partial charge in [0, 0.05) is 17.6 Å². The van der Waals surface area contributed by atoms with Gasteiger partial charge in [-0.25, -0.2) is 0 Å². The first kappa shape index (κ1) is 15.2. The molecular weight excluding hydrogens is 294 g/mol. The molecule has 2 aliphatic heterocycles. The van der Waals surface area contributed by atoms with Crippen molar-refractivity contribution in [2.45, 2.75) is 18.3 Å². The van der Waals surface area contributed by atoms with Crippen LogP contribution in [0.4, 0.5) is 17.1 Å². The smallest absolute Gasteiger partial charge is 0.0644 e. The number of halogens is 1. The van der Waals surface area contributed by atoms with Gasteiger partial charge in [0.15, 0.2) is 0 Å². The van der Waals surface area contributed by atoms with Crippen molar-refractivity contribution in [3.05, 3.63) is 54.1 Å². The highest BCUT2D eigenvalue weighted by molar-refractivity contribution is 5.85. The highest BCUT2D eigenvalue weighted by Crippen LogP contribution is 2.49. The lowest BCUT2D eigenvalue weighted by Crippen LogP contribution is -2.42. The molecule has 4 heteroatoms. The third-order valence-electron chi connectivity index (χ3n) is 5.02. The highest BCUT2D eigenvalue weighted by Gasteiger charge is 2.43. The molecule has 22 heavy (non-hydrogen) atoms. The predicted molar refractivity (Wildman–Crippen MR) is 95.3 cm³/mol. The zero-order valence-electron chi connectivity index (χ0n) is 12.6. The number of rotatable bonds is 1. The Hall–Kier alpha value is -1.71. The molecule has 0 bridgehead atoms. The van der Waals surface area contributed by atoms with E-state index in [4.69, 9.17) is 5.73 Å². The molecule has 0 amide bonds. The Morgan fingerprint density at radius 2 is 1.55 bits per heavy atom. The fourth-order valence-corrected chi connectivity index (χ4v) is 3.91. The van der Waals surface area contributed by atoms with Crippen molar-refractivity contribution in [1.82, 2.24) is 5.32 Å². The van der Waals surface area contributed by atoms with Crippen LogP contribution < -0.4 is 16.0 Å². The number of hydrogen-bond acceptors (Lipinski definition) is 3. The molecule has 0 unspecified atom stereocenters. The Morgan fingerprint density at radius 3 is 2.27 bits per heavy atom. The number of nitrogens with two attached hydrogens (primary N) is 1. The number of benzene rings is 2. The number of piperidine rings is 1. The zero-order chi connectivity index (χ0) is 14.3. The number of nitrogens with one attached hydrogen (secondary N) is 1. The van der Waals surface area contributed by atoms with E-state index in [-0.39, 0.29) is 17.8 Å². The molecule has 116 valence electrons. The van der Waals surface area contributed by atoms with Gasteiger partial charge in [0.2, 0.25) is 0 Å². The third kappa shape index (κ3) is 2.25. The molecule has 2 aliphatic rings. The summed E-state index contributed by atoms with van der Waals surface area (Å²) in [5.41, 5.74) is 11.3. The Bertz CT molecular complexity index is 665. The minimum Gasteiger partial charge on any atom is -0.397 e. The first-order valence-electron chi connectivity index (χ1n) is 7.72. The summed E-state index contributed by atoms with van der Waals surface area (Å²) in [6.07, 6.45) is 2.40. The predicted octanol–water partition coefficient (Wildman–Crippen LogP) is 3.46. The van der Waals surface area contributed by atoms with Crippen molar-refractivity contribution in [2.75, 3.05) is 30.3 Å². The Morgan fingerprint density at radius 1 is 0.909 bits per heavy atom. The molecule has 0 radical (unpaired) electrons. The van der Waals surface area contributed by atoms with Crippen LogP contribution in [0, 0.1) is 0 Å². The minimum atomic E-state index is 0. The SMILES string of the molecule is Cl.Nc1ccccc1N1CC2(CCNCC2)c2ccccc21. The van der Waals surface area contributed by atoms with Gasteiger partial charge < -0.3 is 16.0 Å². The van der Waals surface area contributed by atoms with Crippen LogP contribution in [0.3, 0.4) is 0 Å². The van der Waals surface area contributed by atoms with Crippen LogP contribution >= 0.6 is 12.4 Å². The first-order chi connectivity index (χ1) is 10.3. The number of para-hydroxylation sites is 3. The maximum atomic E-state index is 6.22. The average molecular weight is 316 g/mol. The molecule has 1 saturated heterocycles. The van der Waals surface area contributed by atoms with Crippen molar-refractivity contribution in [1.29, 1.82) is 0 Å². The highest BCUT2D eigenvalue weighted by atomic mass is 35.5. The standard InChI is InChI=1S/C18H21N3.ClH/c19-15-6-2-4-8-17(15)21-13-18(9-11-20-12-10-18)14-5-1-3-7-16(14)21;/h1-8,20H,9-13,19H2;1H. The van der Waals surface area contributed by atoms with Gasteiger partial charge in [0.1, 0.15) is 0 Å². The van der Waals surface area contributed by atoms with Crippen LogP contribution in [0.15, 0.2) is 48.5 Å². The topological polar surface area (TPSA) is 41.3 Å². The minimum absolute atomic E-state index is 0. The molecular formula is C18H22ClN3. The van der Waals surface area contributed by atoms with Crippen LogP contribution in [-0.4, -0.2) is 19.6 Å². The molecule has 0 saturated carbocycles. The van der Waals surface area contributed by atoms with Crippen LogP contribution in [0.5, 0.6) is 0 Å². The van der Waals surface area contributed by atoms with E-state index < -0.39 is 0 Å². The number of hydrogen-bond donors (Lipinski definition) is 2. The molecule has 1 fully saturated rings. The second kappa shape index (κ2) is 5.82. The molecule has 2 aromatic carbocycles. The summed E-state index contributed by atoms with van der Waals surface area (Å²) in [6, 6.07) is 17.0. The van der Waals surface area contributed by atoms with E-state index in [1.807, 2.05) is 12.1 Å². The lowest BCUT2D eigenvalue weighted by Gasteiger charge is -2.35. The first-order valence-corrected chi connectivity index (χ1v) is 7.72. The van der Waals surface area contributed by atoms with E-state index in [0.717, 1.165) is 31.0 Å².